The molecule has 3 aromatic rings. The van der Waals surface area contributed by atoms with Gasteiger partial charge in [-0.2, -0.15) is 0 Å². The fourth-order valence-electron chi connectivity index (χ4n) is 1.88. The van der Waals surface area contributed by atoms with Gasteiger partial charge in [0.2, 0.25) is 0 Å². The Kier molecular flexibility index (Phi) is 4.36. The fourth-order valence-corrected chi connectivity index (χ4v) is 2.90. The Morgan fingerprint density at radius 1 is 1.48 bits per heavy atom. The third kappa shape index (κ3) is 2.80. The van der Waals surface area contributed by atoms with Crippen LogP contribution in [0.15, 0.2) is 29.3 Å². The molecule has 0 fully saturated rings. The summed E-state index contributed by atoms with van der Waals surface area (Å²) in [4.78, 5) is 23.3. The van der Waals surface area contributed by atoms with Crippen LogP contribution >= 0.6 is 23.7 Å². The standard InChI is InChI=1S/C13H11FN4OS.ClH/c1-6(15)12-17-9-4-10(20-11(9)13(19)18-12)7-2-3-16-5-8(7)14;/h2-6H,15H2,1H3,(H,17,18,19);1H. The predicted molar refractivity (Wildman–Crippen MR) is 83.3 cm³/mol. The third-order valence-corrected chi connectivity index (χ3v) is 4.03. The number of aromatic nitrogens is 3. The summed E-state index contributed by atoms with van der Waals surface area (Å²) >= 11 is 1.20. The molecule has 0 amide bonds. The number of H-pyrrole nitrogens is 1. The highest BCUT2D eigenvalue weighted by atomic mass is 35.5. The quantitative estimate of drug-likeness (QED) is 0.758. The van der Waals surface area contributed by atoms with Crippen molar-refractivity contribution in [1.82, 2.24) is 15.0 Å². The number of fused-ring (bicyclic) bond motifs is 1. The highest BCUT2D eigenvalue weighted by Gasteiger charge is 2.13. The monoisotopic (exact) mass is 326 g/mol. The Labute approximate surface area is 129 Å². The smallest absolute Gasteiger partial charge is 0.268 e. The van der Waals surface area contributed by atoms with Gasteiger partial charge in [0.1, 0.15) is 16.3 Å². The predicted octanol–water partition coefficient (Wildman–Crippen LogP) is 2.63. The fraction of sp³-hybridized carbons (Fsp3) is 0.154. The molecule has 1 atom stereocenters. The SMILES string of the molecule is CC(N)c1nc2cc(-c3ccncc3F)sc2c(=O)[nH]1.Cl. The molecule has 110 valence electrons. The second-order valence-corrected chi connectivity index (χ2v) is 5.47. The van der Waals surface area contributed by atoms with E-state index in [4.69, 9.17) is 5.73 Å². The molecular formula is C13H12ClFN4OS. The van der Waals surface area contributed by atoms with E-state index < -0.39 is 5.82 Å². The molecule has 1 unspecified atom stereocenters. The van der Waals surface area contributed by atoms with Crippen LogP contribution < -0.4 is 11.3 Å². The molecule has 0 aliphatic carbocycles. The van der Waals surface area contributed by atoms with Crippen LogP contribution in [0.5, 0.6) is 0 Å². The van der Waals surface area contributed by atoms with Crippen LogP contribution in [0.25, 0.3) is 20.7 Å². The molecule has 0 aromatic carbocycles. The first-order valence-corrected chi connectivity index (χ1v) is 6.77. The maximum absolute atomic E-state index is 13.7. The second-order valence-electron chi connectivity index (χ2n) is 4.42. The zero-order valence-corrected chi connectivity index (χ0v) is 12.6. The number of aromatic amines is 1. The Balaban J connectivity index is 0.00000161. The highest BCUT2D eigenvalue weighted by Crippen LogP contribution is 2.32. The van der Waals surface area contributed by atoms with Gasteiger partial charge < -0.3 is 10.7 Å². The lowest BCUT2D eigenvalue weighted by molar-refractivity contribution is 0.625. The summed E-state index contributed by atoms with van der Waals surface area (Å²) in [7, 11) is 0. The number of halogens is 2. The zero-order chi connectivity index (χ0) is 14.3. The molecule has 3 rings (SSSR count). The van der Waals surface area contributed by atoms with Crippen LogP contribution in [0, 0.1) is 5.82 Å². The molecule has 0 aliphatic heterocycles. The summed E-state index contributed by atoms with van der Waals surface area (Å²) in [5, 5.41) is 0. The van der Waals surface area contributed by atoms with Crippen LogP contribution in [0.2, 0.25) is 0 Å². The van der Waals surface area contributed by atoms with Crippen LogP contribution in [0.3, 0.4) is 0 Å². The van der Waals surface area contributed by atoms with Gasteiger partial charge in [-0.05, 0) is 19.1 Å². The van der Waals surface area contributed by atoms with Gasteiger partial charge in [-0.25, -0.2) is 9.37 Å². The molecule has 0 saturated heterocycles. The van der Waals surface area contributed by atoms with E-state index >= 15 is 0 Å². The lowest BCUT2D eigenvalue weighted by Gasteiger charge is -2.02. The van der Waals surface area contributed by atoms with Crippen molar-refractivity contribution in [3.05, 3.63) is 46.5 Å². The van der Waals surface area contributed by atoms with Crippen LogP contribution in [-0.2, 0) is 0 Å². The molecule has 21 heavy (non-hydrogen) atoms. The van der Waals surface area contributed by atoms with E-state index in [0.29, 0.717) is 26.5 Å². The highest BCUT2D eigenvalue weighted by molar-refractivity contribution is 7.22. The molecule has 5 nitrogen and oxygen atoms in total. The summed E-state index contributed by atoms with van der Waals surface area (Å²) in [6.45, 7) is 1.74. The molecular weight excluding hydrogens is 315 g/mol. The molecule has 0 aliphatic rings. The Bertz CT molecular complexity index is 846. The van der Waals surface area contributed by atoms with E-state index in [1.165, 1.54) is 17.5 Å². The summed E-state index contributed by atoms with van der Waals surface area (Å²) in [6, 6.07) is 2.90. The number of nitrogens with zero attached hydrogens (tertiary/aromatic N) is 2. The first-order chi connectivity index (χ1) is 9.56. The lowest BCUT2D eigenvalue weighted by atomic mass is 10.2. The van der Waals surface area contributed by atoms with Gasteiger partial charge in [-0.1, -0.05) is 0 Å². The maximum Gasteiger partial charge on any atom is 0.268 e. The number of nitrogens with two attached hydrogens (primary N) is 1. The van der Waals surface area contributed by atoms with Gasteiger partial charge in [0.15, 0.2) is 0 Å². The lowest BCUT2D eigenvalue weighted by Crippen LogP contribution is -2.16. The number of thiophene rings is 1. The van der Waals surface area contributed by atoms with Crippen molar-refractivity contribution in [3.8, 4) is 10.4 Å². The third-order valence-electron chi connectivity index (χ3n) is 2.87. The van der Waals surface area contributed by atoms with Crippen molar-refractivity contribution in [2.24, 2.45) is 5.73 Å². The van der Waals surface area contributed by atoms with Gasteiger partial charge in [0, 0.05) is 16.6 Å². The summed E-state index contributed by atoms with van der Waals surface area (Å²) in [5.74, 6) is -0.00930. The minimum atomic E-state index is -0.428. The molecule has 8 heteroatoms. The van der Waals surface area contributed by atoms with E-state index in [1.807, 2.05) is 0 Å². The minimum Gasteiger partial charge on any atom is -0.322 e. The zero-order valence-electron chi connectivity index (χ0n) is 11.0. The van der Waals surface area contributed by atoms with Crippen molar-refractivity contribution < 1.29 is 4.39 Å². The van der Waals surface area contributed by atoms with E-state index in [0.717, 1.165) is 6.20 Å². The largest absolute Gasteiger partial charge is 0.322 e. The second kappa shape index (κ2) is 5.88. The van der Waals surface area contributed by atoms with Gasteiger partial charge in [0.05, 0.1) is 17.8 Å². The molecule has 0 spiro atoms. The Hall–Kier alpha value is -1.83. The number of rotatable bonds is 2. The van der Waals surface area contributed by atoms with E-state index in [1.54, 1.807) is 19.1 Å². The van der Waals surface area contributed by atoms with E-state index in [9.17, 15) is 9.18 Å². The van der Waals surface area contributed by atoms with Crippen LogP contribution in [0.1, 0.15) is 18.8 Å². The number of pyridine rings is 1. The number of nitrogens with one attached hydrogen (secondary N) is 1. The van der Waals surface area contributed by atoms with Crippen LogP contribution in [0.4, 0.5) is 4.39 Å². The first kappa shape index (κ1) is 15.6. The average molecular weight is 327 g/mol. The van der Waals surface area contributed by atoms with E-state index in [2.05, 4.69) is 15.0 Å². The van der Waals surface area contributed by atoms with Crippen molar-refractivity contribution in [2.45, 2.75) is 13.0 Å². The number of hydrogen-bond donors (Lipinski definition) is 2. The van der Waals surface area contributed by atoms with Gasteiger partial charge in [0.25, 0.3) is 5.56 Å². The van der Waals surface area contributed by atoms with Gasteiger partial charge in [-0.15, -0.1) is 23.7 Å². The summed E-state index contributed by atoms with van der Waals surface area (Å²) < 4.78 is 14.2. The van der Waals surface area contributed by atoms with Gasteiger partial charge >= 0.3 is 0 Å². The summed E-state index contributed by atoms with van der Waals surface area (Å²) in [6.07, 6.45) is 2.65. The molecule has 0 bridgehead atoms. The first-order valence-electron chi connectivity index (χ1n) is 5.95. The van der Waals surface area contributed by atoms with Crippen molar-refractivity contribution in [1.29, 1.82) is 0 Å². The normalized spacial score (nSPS) is 12.1. The Morgan fingerprint density at radius 3 is 2.90 bits per heavy atom. The van der Waals surface area contributed by atoms with Gasteiger partial charge in [-0.3, -0.25) is 9.78 Å². The van der Waals surface area contributed by atoms with Crippen molar-refractivity contribution in [2.75, 3.05) is 0 Å². The number of hydrogen-bond acceptors (Lipinski definition) is 5. The maximum atomic E-state index is 13.7. The van der Waals surface area contributed by atoms with Crippen molar-refractivity contribution >= 4 is 34.0 Å². The average Bonchev–Trinajstić information content (AvgIpc) is 2.83. The molecule has 3 N–H and O–H groups in total. The van der Waals surface area contributed by atoms with Crippen molar-refractivity contribution in [3.63, 3.8) is 0 Å². The molecule has 0 radical (unpaired) electrons. The van der Waals surface area contributed by atoms with Crippen LogP contribution in [-0.4, -0.2) is 15.0 Å². The summed E-state index contributed by atoms with van der Waals surface area (Å²) in [5.41, 5.74) is 6.39. The molecule has 0 saturated carbocycles. The Morgan fingerprint density at radius 2 is 2.24 bits per heavy atom. The minimum absolute atomic E-state index is 0. The van der Waals surface area contributed by atoms with E-state index in [-0.39, 0.29) is 24.0 Å². The molecule has 3 aromatic heterocycles. The molecule has 3 heterocycles. The topological polar surface area (TPSA) is 84.7 Å².